The third kappa shape index (κ3) is 42.4. The van der Waals surface area contributed by atoms with Crippen molar-refractivity contribution in [3.63, 3.8) is 0 Å². The fourth-order valence-electron chi connectivity index (χ4n) is 6.40. The third-order valence-corrected chi connectivity index (χ3v) is 9.83. The van der Waals surface area contributed by atoms with Crippen LogP contribution >= 0.6 is 0 Å². The van der Waals surface area contributed by atoms with Crippen molar-refractivity contribution in [3.8, 4) is 0 Å². The van der Waals surface area contributed by atoms with Crippen molar-refractivity contribution in [2.45, 2.75) is 232 Å². The van der Waals surface area contributed by atoms with E-state index >= 15 is 0 Å². The molecule has 0 amide bonds. The zero-order chi connectivity index (χ0) is 40.1. The molecule has 0 fully saturated rings. The Kier molecular flexibility index (Phi) is 42.0. The van der Waals surface area contributed by atoms with Crippen molar-refractivity contribution >= 4 is 17.9 Å². The van der Waals surface area contributed by atoms with Crippen LogP contribution in [0.2, 0.25) is 0 Å². The number of ether oxygens (including phenoxy) is 3. The lowest BCUT2D eigenvalue weighted by Crippen LogP contribution is -2.30. The van der Waals surface area contributed by atoms with Gasteiger partial charge in [-0.05, 0) is 70.6 Å². The van der Waals surface area contributed by atoms with Gasteiger partial charge in [0.2, 0.25) is 0 Å². The lowest BCUT2D eigenvalue weighted by molar-refractivity contribution is -0.167. The number of carbonyl (C=O) groups excluding carboxylic acids is 3. The fourth-order valence-corrected chi connectivity index (χ4v) is 6.40. The lowest BCUT2D eigenvalue weighted by atomic mass is 10.0. The van der Waals surface area contributed by atoms with Gasteiger partial charge in [0.1, 0.15) is 13.2 Å². The molecule has 6 nitrogen and oxygen atoms in total. The number of carbonyl (C=O) groups is 3. The van der Waals surface area contributed by atoms with E-state index in [1.165, 1.54) is 83.5 Å². The van der Waals surface area contributed by atoms with E-state index in [1.54, 1.807) is 0 Å². The highest BCUT2D eigenvalue weighted by molar-refractivity contribution is 5.71. The van der Waals surface area contributed by atoms with E-state index < -0.39 is 6.10 Å². The van der Waals surface area contributed by atoms with Gasteiger partial charge in [0.05, 0.1) is 0 Å². The van der Waals surface area contributed by atoms with Gasteiger partial charge in [0, 0.05) is 19.3 Å². The number of esters is 3. The van der Waals surface area contributed by atoms with E-state index in [-0.39, 0.29) is 31.1 Å². The molecule has 0 saturated carbocycles. The second-order valence-corrected chi connectivity index (χ2v) is 15.3. The van der Waals surface area contributed by atoms with Crippen molar-refractivity contribution in [2.24, 2.45) is 0 Å². The maximum absolute atomic E-state index is 12.7. The zero-order valence-corrected chi connectivity index (χ0v) is 36.2. The van der Waals surface area contributed by atoms with E-state index in [4.69, 9.17) is 14.2 Å². The first-order valence-electron chi connectivity index (χ1n) is 23.1. The largest absolute Gasteiger partial charge is 0.462 e. The number of hydrogen-bond donors (Lipinski definition) is 0. The van der Waals surface area contributed by atoms with Gasteiger partial charge in [-0.3, -0.25) is 14.4 Å². The molecule has 0 aliphatic heterocycles. The molecule has 0 rings (SSSR count). The summed E-state index contributed by atoms with van der Waals surface area (Å²) in [5.74, 6) is -0.940. The highest BCUT2D eigenvalue weighted by atomic mass is 16.6. The fraction of sp³-hybridized carbons (Fsp3) is 0.776. The van der Waals surface area contributed by atoms with Gasteiger partial charge >= 0.3 is 17.9 Å². The van der Waals surface area contributed by atoms with E-state index in [1.807, 2.05) is 0 Å². The van der Waals surface area contributed by atoms with Crippen LogP contribution in [0.5, 0.6) is 0 Å². The summed E-state index contributed by atoms with van der Waals surface area (Å²) in [6.07, 6.45) is 51.1. The minimum Gasteiger partial charge on any atom is -0.462 e. The predicted molar refractivity (Wildman–Crippen MR) is 233 cm³/mol. The molecule has 0 heterocycles. The highest BCUT2D eigenvalue weighted by Crippen LogP contribution is 2.15. The molecule has 0 saturated heterocycles. The topological polar surface area (TPSA) is 78.9 Å². The van der Waals surface area contributed by atoms with Crippen LogP contribution in [0.25, 0.3) is 0 Å². The Morgan fingerprint density at radius 2 is 0.709 bits per heavy atom. The summed E-state index contributed by atoms with van der Waals surface area (Å²) in [7, 11) is 0. The Morgan fingerprint density at radius 3 is 1.13 bits per heavy atom. The van der Waals surface area contributed by atoms with Gasteiger partial charge in [-0.2, -0.15) is 0 Å². The van der Waals surface area contributed by atoms with Crippen LogP contribution in [0.1, 0.15) is 226 Å². The van der Waals surface area contributed by atoms with Gasteiger partial charge in [-0.25, -0.2) is 0 Å². The van der Waals surface area contributed by atoms with Crippen LogP contribution in [-0.2, 0) is 28.6 Å². The molecule has 0 aromatic carbocycles. The minimum absolute atomic E-state index is 0.0876. The second-order valence-electron chi connectivity index (χ2n) is 15.3. The normalized spacial score (nSPS) is 12.4. The number of unbranched alkanes of at least 4 members (excludes halogenated alkanes) is 22. The predicted octanol–water partition coefficient (Wildman–Crippen LogP) is 14.8. The summed E-state index contributed by atoms with van der Waals surface area (Å²) in [5.41, 5.74) is 0. The summed E-state index contributed by atoms with van der Waals surface area (Å²) in [6.45, 7) is 6.36. The van der Waals surface area contributed by atoms with Crippen molar-refractivity contribution in [2.75, 3.05) is 13.2 Å². The second kappa shape index (κ2) is 44.1. The first kappa shape index (κ1) is 52.4. The maximum Gasteiger partial charge on any atom is 0.306 e. The molecule has 1 unspecified atom stereocenters. The number of hydrogen-bond acceptors (Lipinski definition) is 6. The molecule has 318 valence electrons. The third-order valence-electron chi connectivity index (χ3n) is 9.83. The molecular weight excluding hydrogens is 685 g/mol. The Morgan fingerprint density at radius 1 is 0.382 bits per heavy atom. The van der Waals surface area contributed by atoms with Crippen LogP contribution in [0.3, 0.4) is 0 Å². The Labute approximate surface area is 339 Å². The molecule has 0 aliphatic carbocycles. The molecular formula is C49H86O6. The molecule has 0 aromatic rings. The van der Waals surface area contributed by atoms with Crippen molar-refractivity contribution in [1.82, 2.24) is 0 Å². The summed E-state index contributed by atoms with van der Waals surface area (Å²) in [6, 6.07) is 0. The van der Waals surface area contributed by atoms with Crippen LogP contribution < -0.4 is 0 Å². The first-order valence-corrected chi connectivity index (χ1v) is 23.1. The van der Waals surface area contributed by atoms with Crippen molar-refractivity contribution < 1.29 is 28.6 Å². The van der Waals surface area contributed by atoms with E-state index in [0.717, 1.165) is 103 Å². The van der Waals surface area contributed by atoms with Gasteiger partial charge in [-0.1, -0.05) is 185 Å². The summed E-state index contributed by atoms with van der Waals surface area (Å²) < 4.78 is 16.6. The van der Waals surface area contributed by atoms with Gasteiger partial charge in [-0.15, -0.1) is 0 Å². The zero-order valence-electron chi connectivity index (χ0n) is 36.2. The monoisotopic (exact) mass is 771 g/mol. The average Bonchev–Trinajstić information content (AvgIpc) is 3.18. The lowest BCUT2D eigenvalue weighted by Gasteiger charge is -2.18. The molecule has 0 spiro atoms. The van der Waals surface area contributed by atoms with Crippen LogP contribution in [0.15, 0.2) is 48.6 Å². The molecule has 0 aliphatic rings. The molecule has 0 aromatic heterocycles. The van der Waals surface area contributed by atoms with Crippen LogP contribution in [0.4, 0.5) is 0 Å². The smallest absolute Gasteiger partial charge is 0.306 e. The Hall–Kier alpha value is -2.63. The summed E-state index contributed by atoms with van der Waals surface area (Å²) >= 11 is 0. The number of allylic oxidation sites excluding steroid dienone is 8. The van der Waals surface area contributed by atoms with E-state index in [0.29, 0.717) is 19.3 Å². The Balaban J connectivity index is 4.34. The van der Waals surface area contributed by atoms with Crippen LogP contribution in [-0.4, -0.2) is 37.2 Å². The first-order chi connectivity index (χ1) is 27.0. The highest BCUT2D eigenvalue weighted by Gasteiger charge is 2.19. The standard InChI is InChI=1S/C49H86O6/c1-4-7-10-13-16-19-21-23-24-25-26-28-30-33-36-39-42-48(51)54-45-46(44-53-47(50)41-38-35-32-29-18-15-12-9-6-3)55-49(52)43-40-37-34-31-27-22-20-17-14-11-8-5-2/h8-9,11-12,17-18,20,29,46H,4-7,10,13-16,19,21-28,30-45H2,1-3H3/b11-8-,12-9-,20-17-,29-18-. The number of rotatable bonds is 41. The molecule has 55 heavy (non-hydrogen) atoms. The van der Waals surface area contributed by atoms with E-state index in [9.17, 15) is 14.4 Å². The SMILES string of the molecule is CC/C=C\C/C=C\CCCCCCCC(=O)OC(COC(=O)CCCC/C=C\C/C=C\CC)COC(=O)CCCCCCCCCCCCCCCCCC. The van der Waals surface area contributed by atoms with Crippen molar-refractivity contribution in [1.29, 1.82) is 0 Å². The van der Waals surface area contributed by atoms with E-state index in [2.05, 4.69) is 69.4 Å². The Bertz CT molecular complexity index is 980. The molecule has 0 N–H and O–H groups in total. The minimum atomic E-state index is -0.788. The van der Waals surface area contributed by atoms with Gasteiger partial charge < -0.3 is 14.2 Å². The van der Waals surface area contributed by atoms with Crippen molar-refractivity contribution in [3.05, 3.63) is 48.6 Å². The van der Waals surface area contributed by atoms with Gasteiger partial charge in [0.25, 0.3) is 0 Å². The molecule has 0 bridgehead atoms. The maximum atomic E-state index is 12.7. The molecule has 1 atom stereocenters. The van der Waals surface area contributed by atoms with Crippen LogP contribution in [0, 0.1) is 0 Å². The quantitative estimate of drug-likeness (QED) is 0.0267. The molecule has 0 radical (unpaired) electrons. The summed E-state index contributed by atoms with van der Waals surface area (Å²) in [4.78, 5) is 37.7. The molecule has 6 heteroatoms. The van der Waals surface area contributed by atoms with Gasteiger partial charge in [0.15, 0.2) is 6.10 Å². The average molecular weight is 771 g/mol. The summed E-state index contributed by atoms with van der Waals surface area (Å²) in [5, 5.41) is 0.